The minimum absolute atomic E-state index is 0.401. The number of hydrogen-bond donors (Lipinski definition) is 0. The number of benzene rings is 2. The van der Waals surface area contributed by atoms with E-state index >= 15 is 0 Å². The molecule has 0 N–H and O–H groups in total. The summed E-state index contributed by atoms with van der Waals surface area (Å²) < 4.78 is 0. The average molecular weight is 407 g/mol. The van der Waals surface area contributed by atoms with Crippen molar-refractivity contribution in [2.75, 3.05) is 0 Å². The summed E-state index contributed by atoms with van der Waals surface area (Å²) in [6, 6.07) is 18.7. The minimum Gasteiger partial charge on any atom is -0.0726 e. The Morgan fingerprint density at radius 1 is 0.742 bits per heavy atom. The number of fused-ring (bicyclic) bond motifs is 1. The lowest BCUT2D eigenvalue weighted by atomic mass is 9.79. The van der Waals surface area contributed by atoms with E-state index in [9.17, 15) is 0 Å². The van der Waals surface area contributed by atoms with Crippen molar-refractivity contribution in [3.05, 3.63) is 112 Å². The zero-order valence-corrected chi connectivity index (χ0v) is 18.8. The Labute approximate surface area is 188 Å². The maximum atomic E-state index is 2.40. The highest BCUT2D eigenvalue weighted by Crippen LogP contribution is 2.41. The molecule has 31 heavy (non-hydrogen) atoms. The first-order valence-corrected chi connectivity index (χ1v) is 12.3. The molecule has 0 bridgehead atoms. The molecule has 0 saturated heterocycles. The third kappa shape index (κ3) is 4.40. The van der Waals surface area contributed by atoms with Gasteiger partial charge >= 0.3 is 0 Å². The number of allylic oxidation sites excluding steroid dienone is 8. The van der Waals surface area contributed by atoms with Gasteiger partial charge in [0.15, 0.2) is 0 Å². The van der Waals surface area contributed by atoms with Gasteiger partial charge in [0.05, 0.1) is 0 Å². The molecule has 0 nitrogen and oxygen atoms in total. The Morgan fingerprint density at radius 2 is 1.48 bits per heavy atom. The predicted molar refractivity (Wildman–Crippen MR) is 133 cm³/mol. The molecule has 1 saturated carbocycles. The first-order valence-electron chi connectivity index (χ1n) is 12.3. The van der Waals surface area contributed by atoms with Gasteiger partial charge in [-0.1, -0.05) is 112 Å². The summed E-state index contributed by atoms with van der Waals surface area (Å²) in [5.41, 5.74) is 10.1. The van der Waals surface area contributed by atoms with Crippen LogP contribution in [0.5, 0.6) is 0 Å². The van der Waals surface area contributed by atoms with Crippen molar-refractivity contribution in [2.45, 2.75) is 64.2 Å². The van der Waals surface area contributed by atoms with E-state index in [0.717, 1.165) is 18.8 Å². The SMILES string of the molecule is CCCc1ccc(C2=CC=C(Cc3ccc(C4CCCCC4)cc3)C3=CC=CC32)cc1. The molecule has 0 aromatic heterocycles. The fourth-order valence-electron chi connectivity index (χ4n) is 5.60. The van der Waals surface area contributed by atoms with Crippen LogP contribution < -0.4 is 0 Å². The van der Waals surface area contributed by atoms with Crippen LogP contribution in [-0.4, -0.2) is 0 Å². The van der Waals surface area contributed by atoms with Crippen LogP contribution in [0.2, 0.25) is 0 Å². The second kappa shape index (κ2) is 9.27. The van der Waals surface area contributed by atoms with Gasteiger partial charge < -0.3 is 0 Å². The van der Waals surface area contributed by atoms with E-state index in [-0.39, 0.29) is 0 Å². The molecular weight excluding hydrogens is 372 g/mol. The molecule has 2 aromatic carbocycles. The summed E-state index contributed by atoms with van der Waals surface area (Å²) in [5, 5.41) is 0. The second-order valence-electron chi connectivity index (χ2n) is 9.50. The lowest BCUT2D eigenvalue weighted by Gasteiger charge is -2.25. The van der Waals surface area contributed by atoms with Crippen LogP contribution in [0.15, 0.2) is 90.1 Å². The van der Waals surface area contributed by atoms with Crippen LogP contribution in [0.25, 0.3) is 5.57 Å². The highest BCUT2D eigenvalue weighted by atomic mass is 14.3. The molecule has 1 atom stereocenters. The van der Waals surface area contributed by atoms with Crippen LogP contribution in [0.4, 0.5) is 0 Å². The van der Waals surface area contributed by atoms with Gasteiger partial charge in [0.25, 0.3) is 0 Å². The van der Waals surface area contributed by atoms with Gasteiger partial charge in [-0.15, -0.1) is 0 Å². The van der Waals surface area contributed by atoms with Gasteiger partial charge in [0, 0.05) is 5.92 Å². The third-order valence-corrected chi connectivity index (χ3v) is 7.36. The van der Waals surface area contributed by atoms with Crippen molar-refractivity contribution >= 4 is 5.57 Å². The largest absolute Gasteiger partial charge is 0.0726 e. The fourth-order valence-corrected chi connectivity index (χ4v) is 5.60. The summed E-state index contributed by atoms with van der Waals surface area (Å²) in [6.07, 6.45) is 22.0. The van der Waals surface area contributed by atoms with Crippen LogP contribution in [0.1, 0.15) is 73.6 Å². The first kappa shape index (κ1) is 20.3. The normalized spacial score (nSPS) is 20.8. The molecular formula is C31H34. The number of rotatable bonds is 6. The van der Waals surface area contributed by atoms with E-state index in [0.29, 0.717) is 5.92 Å². The van der Waals surface area contributed by atoms with Gasteiger partial charge in [0.2, 0.25) is 0 Å². The van der Waals surface area contributed by atoms with Gasteiger partial charge in [0.1, 0.15) is 0 Å². The smallest absolute Gasteiger partial charge is 0.0281 e. The molecule has 2 aromatic rings. The fraction of sp³-hybridized carbons (Fsp3) is 0.355. The van der Waals surface area contributed by atoms with E-state index in [4.69, 9.17) is 0 Å². The predicted octanol–water partition coefficient (Wildman–Crippen LogP) is 8.37. The maximum absolute atomic E-state index is 2.40. The van der Waals surface area contributed by atoms with Gasteiger partial charge in [-0.2, -0.15) is 0 Å². The summed E-state index contributed by atoms with van der Waals surface area (Å²) in [5.74, 6) is 1.19. The Kier molecular flexibility index (Phi) is 6.07. The molecule has 5 rings (SSSR count). The molecule has 0 radical (unpaired) electrons. The number of hydrogen-bond acceptors (Lipinski definition) is 0. The van der Waals surface area contributed by atoms with E-state index in [1.807, 2.05) is 0 Å². The van der Waals surface area contributed by atoms with Crippen molar-refractivity contribution < 1.29 is 0 Å². The summed E-state index contributed by atoms with van der Waals surface area (Å²) >= 11 is 0. The number of aryl methyl sites for hydroxylation is 1. The highest BCUT2D eigenvalue weighted by Gasteiger charge is 2.26. The van der Waals surface area contributed by atoms with Crippen molar-refractivity contribution in [3.63, 3.8) is 0 Å². The Balaban J connectivity index is 1.34. The van der Waals surface area contributed by atoms with E-state index < -0.39 is 0 Å². The van der Waals surface area contributed by atoms with E-state index in [2.05, 4.69) is 85.8 Å². The molecule has 0 heteroatoms. The summed E-state index contributed by atoms with van der Waals surface area (Å²) in [4.78, 5) is 0. The zero-order valence-electron chi connectivity index (χ0n) is 18.8. The second-order valence-corrected chi connectivity index (χ2v) is 9.50. The minimum atomic E-state index is 0.401. The first-order chi connectivity index (χ1) is 15.3. The van der Waals surface area contributed by atoms with Crippen LogP contribution in [0, 0.1) is 5.92 Å². The third-order valence-electron chi connectivity index (χ3n) is 7.36. The van der Waals surface area contributed by atoms with Gasteiger partial charge in [-0.05, 0) is 70.6 Å². The maximum Gasteiger partial charge on any atom is 0.0281 e. The molecule has 0 aliphatic heterocycles. The van der Waals surface area contributed by atoms with Crippen LogP contribution in [-0.2, 0) is 12.8 Å². The highest BCUT2D eigenvalue weighted by molar-refractivity contribution is 5.78. The van der Waals surface area contributed by atoms with E-state index in [1.165, 1.54) is 71.9 Å². The molecule has 1 fully saturated rings. The molecule has 1 unspecified atom stereocenters. The Hall–Kier alpha value is -2.60. The quantitative estimate of drug-likeness (QED) is 0.452. The molecule has 3 aliphatic rings. The monoisotopic (exact) mass is 406 g/mol. The van der Waals surface area contributed by atoms with Crippen molar-refractivity contribution in [1.29, 1.82) is 0 Å². The Morgan fingerprint density at radius 3 is 2.23 bits per heavy atom. The summed E-state index contributed by atoms with van der Waals surface area (Å²) in [6.45, 7) is 2.24. The molecule has 0 spiro atoms. The Bertz CT molecular complexity index is 1020. The average Bonchev–Trinajstić information content (AvgIpc) is 3.32. The molecule has 158 valence electrons. The van der Waals surface area contributed by atoms with Crippen LogP contribution in [0.3, 0.4) is 0 Å². The zero-order chi connectivity index (χ0) is 21.0. The van der Waals surface area contributed by atoms with Crippen molar-refractivity contribution in [1.82, 2.24) is 0 Å². The lowest BCUT2D eigenvalue weighted by molar-refractivity contribution is 0.443. The molecule has 0 amide bonds. The van der Waals surface area contributed by atoms with Crippen molar-refractivity contribution in [3.8, 4) is 0 Å². The van der Waals surface area contributed by atoms with Gasteiger partial charge in [-0.3, -0.25) is 0 Å². The van der Waals surface area contributed by atoms with Crippen molar-refractivity contribution in [2.24, 2.45) is 5.92 Å². The molecule has 0 heterocycles. The lowest BCUT2D eigenvalue weighted by Crippen LogP contribution is -2.10. The standard InChI is InChI=1S/C31H34/c1-2-7-23-12-18-27(19-13-23)30-21-20-28(29-10-6-11-31(29)30)22-24-14-16-26(17-15-24)25-8-4-3-5-9-25/h6,10-21,25,31H,2-5,7-9,22H2,1H3. The van der Waals surface area contributed by atoms with Gasteiger partial charge in [-0.25, -0.2) is 0 Å². The topological polar surface area (TPSA) is 0 Å². The molecule has 3 aliphatic carbocycles. The summed E-state index contributed by atoms with van der Waals surface area (Å²) in [7, 11) is 0. The van der Waals surface area contributed by atoms with E-state index in [1.54, 1.807) is 5.56 Å². The van der Waals surface area contributed by atoms with Crippen LogP contribution >= 0.6 is 0 Å².